The molecule has 1 fully saturated rings. The second-order valence-corrected chi connectivity index (χ2v) is 13.0. The van der Waals surface area contributed by atoms with Crippen molar-refractivity contribution in [2.45, 2.75) is 83.1 Å². The van der Waals surface area contributed by atoms with Gasteiger partial charge in [0, 0.05) is 44.0 Å². The summed E-state index contributed by atoms with van der Waals surface area (Å²) in [6.07, 6.45) is 2.57. The highest BCUT2D eigenvalue weighted by atomic mass is 16.7. The fourth-order valence-electron chi connectivity index (χ4n) is 6.36. The van der Waals surface area contributed by atoms with Crippen LogP contribution in [0.4, 0.5) is 0 Å². The lowest BCUT2D eigenvalue weighted by molar-refractivity contribution is -0.253. The quantitative estimate of drug-likeness (QED) is 0.0564. The molecule has 0 saturated carbocycles. The highest BCUT2D eigenvalue weighted by Crippen LogP contribution is 2.39. The number of hydrogen-bond acceptors (Lipinski definition) is 7. The Morgan fingerprint density at radius 2 is 1.48 bits per heavy atom. The summed E-state index contributed by atoms with van der Waals surface area (Å²) in [6.45, 7) is 3.36. The first-order valence-electron chi connectivity index (χ1n) is 17.5. The molecule has 264 valence electrons. The van der Waals surface area contributed by atoms with Crippen LogP contribution in [0, 0.1) is 0 Å². The van der Waals surface area contributed by atoms with Crippen LogP contribution in [0.5, 0.6) is 0 Å². The number of aliphatic hydroxyl groups is 1. The average molecular weight is 680 g/mol. The molecule has 0 unspecified atom stereocenters. The summed E-state index contributed by atoms with van der Waals surface area (Å²) in [5, 5.41) is 21.2. The van der Waals surface area contributed by atoms with E-state index in [0.717, 1.165) is 46.3 Å². The molecule has 1 aliphatic rings. The number of hydrogen-bond donors (Lipinski definition) is 4. The molecule has 4 N–H and O–H groups in total. The Morgan fingerprint density at radius 1 is 0.820 bits per heavy atom. The Morgan fingerprint density at radius 3 is 2.18 bits per heavy atom. The van der Waals surface area contributed by atoms with Crippen molar-refractivity contribution in [2.24, 2.45) is 0 Å². The van der Waals surface area contributed by atoms with E-state index < -0.39 is 12.2 Å². The summed E-state index contributed by atoms with van der Waals surface area (Å²) in [6, 6.07) is 35.0. The third kappa shape index (κ3) is 10.3. The molecule has 0 aliphatic carbocycles. The van der Waals surface area contributed by atoms with E-state index in [1.54, 1.807) is 5.48 Å². The van der Waals surface area contributed by atoms with Crippen LogP contribution in [0.15, 0.2) is 103 Å². The first kappa shape index (κ1) is 36.9. The summed E-state index contributed by atoms with van der Waals surface area (Å²) >= 11 is 0. The molecule has 5 rings (SSSR count). The van der Waals surface area contributed by atoms with Crippen molar-refractivity contribution >= 4 is 11.8 Å². The first-order valence-corrected chi connectivity index (χ1v) is 17.5. The lowest BCUT2D eigenvalue weighted by atomic mass is 9.97. The predicted molar refractivity (Wildman–Crippen MR) is 193 cm³/mol. The second kappa shape index (κ2) is 18.6. The molecule has 0 spiro atoms. The van der Waals surface area contributed by atoms with Gasteiger partial charge in [-0.15, -0.1) is 0 Å². The van der Waals surface area contributed by atoms with Crippen LogP contribution in [0.2, 0.25) is 0 Å². The zero-order valence-electron chi connectivity index (χ0n) is 29.0. The molecule has 2 amide bonds. The van der Waals surface area contributed by atoms with E-state index in [4.69, 9.17) is 14.7 Å². The van der Waals surface area contributed by atoms with E-state index in [2.05, 4.69) is 78.8 Å². The Balaban J connectivity index is 1.25. The fourth-order valence-corrected chi connectivity index (χ4v) is 6.36. The maximum Gasteiger partial charge on any atom is 0.243 e. The molecule has 4 atom stereocenters. The molecular weight excluding hydrogens is 630 g/mol. The number of benzene rings is 4. The molecule has 1 saturated heterocycles. The minimum absolute atomic E-state index is 0.000763. The molecule has 1 aliphatic heterocycles. The number of amides is 2. The van der Waals surface area contributed by atoms with E-state index >= 15 is 0 Å². The van der Waals surface area contributed by atoms with Crippen LogP contribution in [-0.4, -0.2) is 46.7 Å². The van der Waals surface area contributed by atoms with Crippen molar-refractivity contribution in [3.8, 4) is 11.1 Å². The molecule has 0 aromatic heterocycles. The van der Waals surface area contributed by atoms with E-state index in [1.807, 2.05) is 48.5 Å². The van der Waals surface area contributed by atoms with Gasteiger partial charge < -0.3 is 19.9 Å². The van der Waals surface area contributed by atoms with Gasteiger partial charge in [0.2, 0.25) is 11.8 Å². The maximum atomic E-state index is 12.5. The Bertz CT molecular complexity index is 1650. The van der Waals surface area contributed by atoms with E-state index in [-0.39, 0.29) is 37.2 Å². The van der Waals surface area contributed by atoms with Crippen LogP contribution in [0.25, 0.3) is 11.1 Å². The van der Waals surface area contributed by atoms with Gasteiger partial charge in [-0.2, -0.15) is 0 Å². The van der Waals surface area contributed by atoms with Crippen molar-refractivity contribution in [3.63, 3.8) is 0 Å². The zero-order chi connectivity index (χ0) is 35.3. The van der Waals surface area contributed by atoms with Gasteiger partial charge in [0.1, 0.15) is 0 Å². The Labute approximate surface area is 295 Å². The number of aliphatic hydroxyl groups excluding tert-OH is 1. The van der Waals surface area contributed by atoms with Gasteiger partial charge >= 0.3 is 0 Å². The molecular formula is C41H49N3O6. The maximum absolute atomic E-state index is 12.5. The summed E-state index contributed by atoms with van der Waals surface area (Å²) in [4.78, 5) is 26.0. The van der Waals surface area contributed by atoms with Crippen LogP contribution < -0.4 is 10.8 Å². The highest BCUT2D eigenvalue weighted by Gasteiger charge is 2.33. The van der Waals surface area contributed by atoms with Gasteiger partial charge in [0.05, 0.1) is 18.8 Å². The number of likely N-dealkylation sites (N-methyl/N-ethyl adjacent to an activating group) is 1. The molecule has 0 radical (unpaired) electrons. The summed E-state index contributed by atoms with van der Waals surface area (Å²) in [5.74, 6) is -0.444. The topological polar surface area (TPSA) is 120 Å². The van der Waals surface area contributed by atoms with Crippen molar-refractivity contribution in [3.05, 3.63) is 131 Å². The smallest absolute Gasteiger partial charge is 0.243 e. The molecule has 0 bridgehead atoms. The Hall–Kier alpha value is -4.38. The lowest BCUT2D eigenvalue weighted by Crippen LogP contribution is -2.38. The molecule has 9 nitrogen and oxygen atoms in total. The number of rotatable bonds is 16. The number of unbranched alkanes of at least 4 members (excludes halogenated alkanes) is 2. The monoisotopic (exact) mass is 679 g/mol. The predicted octanol–water partition coefficient (Wildman–Crippen LogP) is 7.16. The Kier molecular flexibility index (Phi) is 13.7. The first-order chi connectivity index (χ1) is 24.3. The fraction of sp³-hybridized carbons (Fsp3) is 0.366. The summed E-state index contributed by atoms with van der Waals surface area (Å²) in [5.41, 5.74) is 8.81. The van der Waals surface area contributed by atoms with Crippen molar-refractivity contribution in [1.82, 2.24) is 15.7 Å². The molecule has 4 aromatic rings. The number of hydroxylamine groups is 1. The number of carbonyl (C=O) groups is 2. The van der Waals surface area contributed by atoms with Crippen molar-refractivity contribution < 1.29 is 29.4 Å². The number of ether oxygens (including phenoxy) is 2. The normalized spacial score (nSPS) is 18.1. The van der Waals surface area contributed by atoms with Gasteiger partial charge in [0.15, 0.2) is 6.29 Å². The van der Waals surface area contributed by atoms with Crippen molar-refractivity contribution in [2.75, 3.05) is 13.6 Å². The third-order valence-corrected chi connectivity index (χ3v) is 9.47. The zero-order valence-corrected chi connectivity index (χ0v) is 29.0. The molecule has 4 aromatic carbocycles. The standard InChI is InChI=1S/C41H49N3O6/c1-29(31-11-5-3-6-12-31)44(2)27-36-25-38(33-19-17-30(28-45)18-20-33)50-41(49-36)34-23-21-32(22-24-34)37-14-10-9-13-35(37)26-42-39(46)15-7-4-8-16-40(47)43-48/h3,5-6,9-14,17-24,29,36,38,41,45,48H,4,7-8,15-16,25-28H2,1-2H3,(H,42,46)(H,43,47)/t29-,36-,38+,41+/m0/s1. The number of carbonyl (C=O) groups excluding carboxylic acids is 2. The largest absolute Gasteiger partial charge is 0.392 e. The van der Waals surface area contributed by atoms with E-state index in [9.17, 15) is 14.7 Å². The molecule has 1 heterocycles. The van der Waals surface area contributed by atoms with Gasteiger partial charge in [-0.25, -0.2) is 5.48 Å². The molecule has 9 heteroatoms. The minimum Gasteiger partial charge on any atom is -0.392 e. The minimum atomic E-state index is -0.557. The van der Waals surface area contributed by atoms with Gasteiger partial charge in [-0.3, -0.25) is 19.7 Å². The van der Waals surface area contributed by atoms with Crippen LogP contribution in [0.3, 0.4) is 0 Å². The number of nitrogens with one attached hydrogen (secondary N) is 2. The van der Waals surface area contributed by atoms with Gasteiger partial charge in [0.25, 0.3) is 0 Å². The molecule has 50 heavy (non-hydrogen) atoms. The highest BCUT2D eigenvalue weighted by molar-refractivity contribution is 5.76. The van der Waals surface area contributed by atoms with Crippen LogP contribution in [0.1, 0.15) is 91.7 Å². The van der Waals surface area contributed by atoms with Crippen molar-refractivity contribution in [1.29, 1.82) is 0 Å². The summed E-state index contributed by atoms with van der Waals surface area (Å²) in [7, 11) is 2.13. The third-order valence-electron chi connectivity index (χ3n) is 9.47. The SMILES string of the molecule is C[C@@H](c1ccccc1)N(C)C[C@@H]1C[C@H](c2ccc(CO)cc2)O[C@H](c2ccc(-c3ccccc3CNC(=O)CCCCCC(=O)NO)cc2)O1. The van der Waals surface area contributed by atoms with E-state index in [0.29, 0.717) is 32.2 Å². The van der Waals surface area contributed by atoms with Gasteiger partial charge in [-0.1, -0.05) is 110 Å². The van der Waals surface area contributed by atoms with Gasteiger partial charge in [-0.05, 0) is 60.2 Å². The van der Waals surface area contributed by atoms with Crippen LogP contribution in [-0.2, 0) is 32.2 Å². The van der Waals surface area contributed by atoms with E-state index in [1.165, 1.54) is 5.56 Å². The lowest BCUT2D eigenvalue weighted by Gasteiger charge is -2.39. The van der Waals surface area contributed by atoms with Crippen LogP contribution >= 0.6 is 0 Å². The second-order valence-electron chi connectivity index (χ2n) is 13.0. The average Bonchev–Trinajstić information content (AvgIpc) is 3.17. The summed E-state index contributed by atoms with van der Waals surface area (Å²) < 4.78 is 13.2. The number of nitrogens with zero attached hydrogens (tertiary/aromatic N) is 1.